The summed E-state index contributed by atoms with van der Waals surface area (Å²) in [5.74, 6) is -1.63. The van der Waals surface area contributed by atoms with Crippen molar-refractivity contribution in [3.63, 3.8) is 0 Å². The second-order valence-electron chi connectivity index (χ2n) is 3.62. The van der Waals surface area contributed by atoms with Crippen LogP contribution in [-0.2, 0) is 9.59 Å². The van der Waals surface area contributed by atoms with Crippen molar-refractivity contribution in [2.24, 2.45) is 5.41 Å². The van der Waals surface area contributed by atoms with Crippen molar-refractivity contribution in [3.05, 3.63) is 0 Å². The number of ketones is 2. The van der Waals surface area contributed by atoms with E-state index in [9.17, 15) is 19.8 Å². The molecule has 0 bridgehead atoms. The fraction of sp³-hybridized carbons (Fsp3) is 0.750. The lowest BCUT2D eigenvalue weighted by Gasteiger charge is -2.41. The van der Waals surface area contributed by atoms with E-state index in [-0.39, 0.29) is 0 Å². The Morgan fingerprint density at radius 1 is 1.08 bits per heavy atom. The third-order valence-electron chi connectivity index (χ3n) is 3.11. The molecule has 2 aliphatic carbocycles. The van der Waals surface area contributed by atoms with Gasteiger partial charge in [0, 0.05) is 5.41 Å². The first-order valence-corrected chi connectivity index (χ1v) is 4.04. The zero-order valence-corrected chi connectivity index (χ0v) is 6.49. The summed E-state index contributed by atoms with van der Waals surface area (Å²) in [6, 6.07) is 0. The number of carbonyl (C=O) groups excluding carboxylic acids is 2. The molecule has 0 aliphatic heterocycles. The van der Waals surface area contributed by atoms with Crippen LogP contribution in [0, 0.1) is 5.41 Å². The van der Waals surface area contributed by atoms with Crippen LogP contribution in [0.5, 0.6) is 0 Å². The van der Waals surface area contributed by atoms with Crippen LogP contribution in [0.15, 0.2) is 0 Å². The molecule has 0 radical (unpaired) electrons. The van der Waals surface area contributed by atoms with Crippen molar-refractivity contribution in [1.82, 2.24) is 0 Å². The summed E-state index contributed by atoms with van der Waals surface area (Å²) in [5.41, 5.74) is -0.811. The van der Waals surface area contributed by atoms with E-state index in [1.807, 2.05) is 0 Å². The molecule has 4 heteroatoms. The topological polar surface area (TPSA) is 74.6 Å². The highest BCUT2D eigenvalue weighted by Gasteiger charge is 2.61. The van der Waals surface area contributed by atoms with Gasteiger partial charge in [-0.15, -0.1) is 0 Å². The molecule has 2 rings (SSSR count). The molecule has 12 heavy (non-hydrogen) atoms. The Hall–Kier alpha value is -0.740. The quantitative estimate of drug-likeness (QED) is 0.459. The summed E-state index contributed by atoms with van der Waals surface area (Å²) in [7, 11) is 0. The van der Waals surface area contributed by atoms with Gasteiger partial charge in [0.25, 0.3) is 0 Å². The fourth-order valence-electron chi connectivity index (χ4n) is 2.07. The molecule has 0 aromatic carbocycles. The van der Waals surface area contributed by atoms with E-state index < -0.39 is 29.2 Å². The van der Waals surface area contributed by atoms with Gasteiger partial charge in [0.05, 0.1) is 0 Å². The molecule has 1 spiro atoms. The molecule has 0 aromatic heterocycles. The number of hydrogen-bond donors (Lipinski definition) is 2. The molecule has 2 atom stereocenters. The maximum absolute atomic E-state index is 11.0. The van der Waals surface area contributed by atoms with Gasteiger partial charge in [-0.25, -0.2) is 0 Å². The molecular weight excluding hydrogens is 160 g/mol. The maximum atomic E-state index is 11.0. The van der Waals surface area contributed by atoms with E-state index in [2.05, 4.69) is 0 Å². The Morgan fingerprint density at radius 2 is 1.50 bits per heavy atom. The SMILES string of the molecule is O=C1C(=O)C(O)C2(CCC2)C1O. The minimum atomic E-state index is -1.26. The molecule has 4 nitrogen and oxygen atoms in total. The Bertz CT molecular complexity index is 232. The second kappa shape index (κ2) is 2.14. The zero-order valence-electron chi connectivity index (χ0n) is 6.49. The van der Waals surface area contributed by atoms with Gasteiger partial charge >= 0.3 is 0 Å². The van der Waals surface area contributed by atoms with Crippen LogP contribution >= 0.6 is 0 Å². The van der Waals surface area contributed by atoms with Gasteiger partial charge in [-0.3, -0.25) is 9.59 Å². The largest absolute Gasteiger partial charge is 0.384 e. The van der Waals surface area contributed by atoms with Crippen molar-refractivity contribution < 1.29 is 19.8 Å². The minimum Gasteiger partial charge on any atom is -0.384 e. The first kappa shape index (κ1) is 7.89. The zero-order chi connectivity index (χ0) is 8.93. The maximum Gasteiger partial charge on any atom is 0.230 e. The van der Waals surface area contributed by atoms with E-state index >= 15 is 0 Å². The third-order valence-corrected chi connectivity index (χ3v) is 3.11. The highest BCUT2D eigenvalue weighted by Crippen LogP contribution is 2.50. The first-order chi connectivity index (χ1) is 5.59. The predicted octanol–water partition coefficient (Wildman–Crippen LogP) is -0.970. The number of rotatable bonds is 0. The van der Waals surface area contributed by atoms with Crippen molar-refractivity contribution in [3.8, 4) is 0 Å². The van der Waals surface area contributed by atoms with Crippen LogP contribution in [0.4, 0.5) is 0 Å². The number of hydrogen-bond acceptors (Lipinski definition) is 4. The van der Waals surface area contributed by atoms with E-state index in [1.54, 1.807) is 0 Å². The van der Waals surface area contributed by atoms with E-state index in [0.29, 0.717) is 12.8 Å². The van der Waals surface area contributed by atoms with Crippen LogP contribution in [0.3, 0.4) is 0 Å². The molecule has 2 aliphatic rings. The number of carbonyl (C=O) groups is 2. The molecule has 2 fully saturated rings. The van der Waals surface area contributed by atoms with Crippen LogP contribution in [-0.4, -0.2) is 34.0 Å². The molecule has 66 valence electrons. The summed E-state index contributed by atoms with van der Waals surface area (Å²) in [6.07, 6.45) is -0.489. The smallest absolute Gasteiger partial charge is 0.230 e. The first-order valence-electron chi connectivity index (χ1n) is 4.04. The van der Waals surface area contributed by atoms with Crippen LogP contribution in [0.2, 0.25) is 0 Å². The number of aliphatic hydroxyl groups is 2. The van der Waals surface area contributed by atoms with Crippen molar-refractivity contribution >= 4 is 11.6 Å². The van der Waals surface area contributed by atoms with Crippen molar-refractivity contribution in [1.29, 1.82) is 0 Å². The third kappa shape index (κ3) is 0.647. The average Bonchev–Trinajstić information content (AvgIpc) is 2.13. The van der Waals surface area contributed by atoms with E-state index in [4.69, 9.17) is 0 Å². The highest BCUT2D eigenvalue weighted by atomic mass is 16.3. The molecule has 0 heterocycles. The van der Waals surface area contributed by atoms with E-state index in [0.717, 1.165) is 6.42 Å². The summed E-state index contributed by atoms with van der Waals surface area (Å²) in [6.45, 7) is 0. The molecule has 0 aromatic rings. The highest BCUT2D eigenvalue weighted by molar-refractivity contribution is 6.43. The Kier molecular flexibility index (Phi) is 1.41. The van der Waals surface area contributed by atoms with Gasteiger partial charge in [-0.2, -0.15) is 0 Å². The fourth-order valence-corrected chi connectivity index (χ4v) is 2.07. The summed E-state index contributed by atoms with van der Waals surface area (Å²) in [5, 5.41) is 18.8. The summed E-state index contributed by atoms with van der Waals surface area (Å²) >= 11 is 0. The van der Waals surface area contributed by atoms with Crippen LogP contribution in [0.1, 0.15) is 19.3 Å². The molecular formula is C8H10O4. The number of Topliss-reactive ketones (excluding diaryl/α,β-unsaturated/α-hetero) is 2. The molecule has 2 N–H and O–H groups in total. The van der Waals surface area contributed by atoms with Crippen molar-refractivity contribution in [2.75, 3.05) is 0 Å². The van der Waals surface area contributed by atoms with Crippen molar-refractivity contribution in [2.45, 2.75) is 31.5 Å². The average molecular weight is 170 g/mol. The van der Waals surface area contributed by atoms with Crippen LogP contribution < -0.4 is 0 Å². The van der Waals surface area contributed by atoms with Gasteiger partial charge in [0.1, 0.15) is 12.2 Å². The summed E-state index contributed by atoms with van der Waals surface area (Å²) < 4.78 is 0. The monoisotopic (exact) mass is 170 g/mol. The lowest BCUT2D eigenvalue weighted by Crippen LogP contribution is -2.46. The Balaban J connectivity index is 2.36. The lowest BCUT2D eigenvalue weighted by atomic mass is 9.65. The van der Waals surface area contributed by atoms with Gasteiger partial charge in [0.15, 0.2) is 0 Å². The lowest BCUT2D eigenvalue weighted by molar-refractivity contribution is -0.139. The predicted molar refractivity (Wildman–Crippen MR) is 38.3 cm³/mol. The second-order valence-corrected chi connectivity index (χ2v) is 3.62. The normalized spacial score (nSPS) is 38.8. The van der Waals surface area contributed by atoms with Gasteiger partial charge in [0.2, 0.25) is 11.6 Å². The molecule has 2 saturated carbocycles. The summed E-state index contributed by atoms with van der Waals surface area (Å²) in [4.78, 5) is 21.9. The molecule has 0 amide bonds. The molecule has 2 unspecified atom stereocenters. The standard InChI is InChI=1S/C8H10O4/c9-4-5(10)7(12)8(6(4)11)2-1-3-8/h6-7,11-12H,1-3H2. The number of aliphatic hydroxyl groups excluding tert-OH is 2. The minimum absolute atomic E-state index is 0.576. The van der Waals surface area contributed by atoms with Crippen LogP contribution in [0.25, 0.3) is 0 Å². The Labute approximate surface area is 69.2 Å². The molecule has 0 saturated heterocycles. The Morgan fingerprint density at radius 3 is 1.67 bits per heavy atom. The van der Waals surface area contributed by atoms with Gasteiger partial charge in [-0.05, 0) is 12.8 Å². The van der Waals surface area contributed by atoms with Gasteiger partial charge in [-0.1, -0.05) is 6.42 Å². The van der Waals surface area contributed by atoms with E-state index in [1.165, 1.54) is 0 Å². The van der Waals surface area contributed by atoms with Gasteiger partial charge < -0.3 is 10.2 Å².